The molecule has 0 aliphatic carbocycles. The summed E-state index contributed by atoms with van der Waals surface area (Å²) in [5.74, 6) is -2.25. The number of phenolic OH excluding ortho intramolecular Hbond substituents is 2. The van der Waals surface area contributed by atoms with Crippen molar-refractivity contribution in [2.24, 2.45) is 0 Å². The summed E-state index contributed by atoms with van der Waals surface area (Å²) in [6, 6.07) is 1.37. The lowest BCUT2D eigenvalue weighted by Gasteiger charge is -2.13. The van der Waals surface area contributed by atoms with Gasteiger partial charge in [-0.3, -0.25) is 9.13 Å². The summed E-state index contributed by atoms with van der Waals surface area (Å²) in [5.41, 5.74) is 0. The molecule has 1 rings (SSSR count). The number of hydrogen-bond acceptors (Lipinski definition) is 4. The summed E-state index contributed by atoms with van der Waals surface area (Å²) in [6.07, 6.45) is 0. The Hall–Kier alpha value is -0.880. The molecule has 0 heterocycles. The highest BCUT2D eigenvalue weighted by Crippen LogP contribution is 2.44. The average molecular weight is 270 g/mol. The fourth-order valence-electron chi connectivity index (χ4n) is 1.08. The first kappa shape index (κ1) is 13.2. The first-order chi connectivity index (χ1) is 7.05. The molecule has 8 nitrogen and oxygen atoms in total. The lowest BCUT2D eigenvalue weighted by molar-refractivity contribution is 0.380. The second-order valence-electron chi connectivity index (χ2n) is 2.89. The SMILES string of the molecule is O=P(O)(O)c1ccc(O)c(P(=O)(O)O)c1O. The molecule has 10 heteroatoms. The zero-order valence-corrected chi connectivity index (χ0v) is 9.34. The van der Waals surface area contributed by atoms with Gasteiger partial charge in [-0.05, 0) is 12.1 Å². The third-order valence-electron chi connectivity index (χ3n) is 1.71. The third-order valence-corrected chi connectivity index (χ3v) is 3.73. The third kappa shape index (κ3) is 2.44. The maximum Gasteiger partial charge on any atom is 0.363 e. The summed E-state index contributed by atoms with van der Waals surface area (Å²) >= 11 is 0. The van der Waals surface area contributed by atoms with Gasteiger partial charge in [0.25, 0.3) is 0 Å². The molecule has 0 aliphatic rings. The summed E-state index contributed by atoms with van der Waals surface area (Å²) in [5, 5.41) is 16.3. The van der Waals surface area contributed by atoms with E-state index in [9.17, 15) is 14.2 Å². The van der Waals surface area contributed by atoms with Crippen molar-refractivity contribution in [3.8, 4) is 11.5 Å². The van der Waals surface area contributed by atoms with Gasteiger partial charge in [0.1, 0.15) is 22.1 Å². The minimum absolute atomic E-state index is 0.683. The summed E-state index contributed by atoms with van der Waals surface area (Å²) < 4.78 is 21.7. The molecule has 0 radical (unpaired) electrons. The molecule has 16 heavy (non-hydrogen) atoms. The van der Waals surface area contributed by atoms with Gasteiger partial charge in [0.15, 0.2) is 0 Å². The van der Waals surface area contributed by atoms with Gasteiger partial charge in [0.05, 0.1) is 0 Å². The Morgan fingerprint density at radius 2 is 1.38 bits per heavy atom. The van der Waals surface area contributed by atoms with Crippen LogP contribution in [0.15, 0.2) is 12.1 Å². The fourth-order valence-corrected chi connectivity index (χ4v) is 2.59. The molecule has 0 amide bonds. The van der Waals surface area contributed by atoms with E-state index in [0.29, 0.717) is 12.1 Å². The van der Waals surface area contributed by atoms with Gasteiger partial charge in [-0.25, -0.2) is 0 Å². The van der Waals surface area contributed by atoms with Crippen LogP contribution in [0.1, 0.15) is 0 Å². The molecule has 0 bridgehead atoms. The highest BCUT2D eigenvalue weighted by molar-refractivity contribution is 7.62. The van der Waals surface area contributed by atoms with Crippen LogP contribution >= 0.6 is 15.2 Å². The highest BCUT2D eigenvalue weighted by Gasteiger charge is 2.33. The van der Waals surface area contributed by atoms with Crippen LogP contribution in [0.2, 0.25) is 0 Å². The molecule has 0 aromatic heterocycles. The quantitative estimate of drug-likeness (QED) is 0.362. The van der Waals surface area contributed by atoms with Crippen molar-refractivity contribution >= 4 is 25.8 Å². The number of rotatable bonds is 2. The van der Waals surface area contributed by atoms with Crippen LogP contribution in [-0.2, 0) is 9.13 Å². The first-order valence-corrected chi connectivity index (χ1v) is 6.94. The maximum absolute atomic E-state index is 10.9. The van der Waals surface area contributed by atoms with Crippen molar-refractivity contribution in [1.29, 1.82) is 0 Å². The molecule has 0 aliphatic heterocycles. The Morgan fingerprint density at radius 1 is 0.875 bits per heavy atom. The van der Waals surface area contributed by atoms with Crippen molar-refractivity contribution in [3.05, 3.63) is 12.1 Å². The van der Waals surface area contributed by atoms with E-state index in [1.54, 1.807) is 0 Å². The van der Waals surface area contributed by atoms with Crippen molar-refractivity contribution in [3.63, 3.8) is 0 Å². The minimum atomic E-state index is -5.03. The number of phenols is 2. The number of aromatic hydroxyl groups is 2. The number of benzene rings is 1. The monoisotopic (exact) mass is 270 g/mol. The van der Waals surface area contributed by atoms with Crippen LogP contribution in [0.25, 0.3) is 0 Å². The molecule has 0 atom stereocenters. The van der Waals surface area contributed by atoms with E-state index < -0.39 is 37.3 Å². The lowest BCUT2D eigenvalue weighted by atomic mass is 10.3. The lowest BCUT2D eigenvalue weighted by Crippen LogP contribution is -2.15. The largest absolute Gasteiger partial charge is 0.507 e. The molecule has 0 spiro atoms. The molecule has 0 unspecified atom stereocenters. The molecule has 90 valence electrons. The predicted octanol–water partition coefficient (Wildman–Crippen LogP) is -1.30. The molecule has 0 saturated heterocycles. The normalized spacial score (nSPS) is 12.8. The van der Waals surface area contributed by atoms with Crippen LogP contribution in [0.4, 0.5) is 0 Å². The van der Waals surface area contributed by atoms with Crippen LogP contribution in [0.3, 0.4) is 0 Å². The first-order valence-electron chi connectivity index (χ1n) is 3.72. The summed E-state index contributed by atoms with van der Waals surface area (Å²) in [6.45, 7) is 0. The van der Waals surface area contributed by atoms with E-state index in [2.05, 4.69) is 0 Å². The van der Waals surface area contributed by atoms with Gasteiger partial charge in [0.2, 0.25) is 0 Å². The van der Waals surface area contributed by atoms with Gasteiger partial charge in [0, 0.05) is 0 Å². The average Bonchev–Trinajstić information content (AvgIpc) is 1.97. The molecular formula is C6H8O8P2. The minimum Gasteiger partial charge on any atom is -0.507 e. The van der Waals surface area contributed by atoms with Crippen molar-refractivity contribution < 1.29 is 38.9 Å². The molecular weight excluding hydrogens is 262 g/mol. The summed E-state index contributed by atoms with van der Waals surface area (Å²) in [4.78, 5) is 35.1. The van der Waals surface area contributed by atoms with Gasteiger partial charge < -0.3 is 29.8 Å². The second kappa shape index (κ2) is 3.85. The Bertz CT molecular complexity index is 512. The Kier molecular flexibility index (Phi) is 3.17. The topological polar surface area (TPSA) is 156 Å². The van der Waals surface area contributed by atoms with Crippen molar-refractivity contribution in [2.45, 2.75) is 0 Å². The second-order valence-corrected chi connectivity index (χ2v) is 5.99. The fraction of sp³-hybridized carbons (Fsp3) is 0. The standard InChI is InChI=1S/C6H8O8P2/c7-3-1-2-4(15(9,10)11)5(8)6(3)16(12,13)14/h1-2,7-8H,(H2,9,10,11)(H2,12,13,14). The summed E-state index contributed by atoms with van der Waals surface area (Å²) in [7, 11) is -9.91. The Balaban J connectivity index is 3.65. The van der Waals surface area contributed by atoms with Gasteiger partial charge in [-0.1, -0.05) is 0 Å². The van der Waals surface area contributed by atoms with E-state index in [-0.39, 0.29) is 0 Å². The molecule has 1 aromatic rings. The van der Waals surface area contributed by atoms with Crippen LogP contribution < -0.4 is 10.6 Å². The highest BCUT2D eigenvalue weighted by atomic mass is 31.2. The smallest absolute Gasteiger partial charge is 0.363 e. The van der Waals surface area contributed by atoms with E-state index in [1.807, 2.05) is 0 Å². The number of hydrogen-bond donors (Lipinski definition) is 6. The van der Waals surface area contributed by atoms with Crippen LogP contribution in [-0.4, -0.2) is 29.8 Å². The zero-order valence-electron chi connectivity index (χ0n) is 7.55. The predicted molar refractivity (Wildman–Crippen MR) is 53.1 cm³/mol. The zero-order chi connectivity index (χ0) is 12.7. The van der Waals surface area contributed by atoms with Crippen molar-refractivity contribution in [1.82, 2.24) is 0 Å². The molecule has 0 fully saturated rings. The van der Waals surface area contributed by atoms with Gasteiger partial charge in [-0.2, -0.15) is 0 Å². The van der Waals surface area contributed by atoms with E-state index in [0.717, 1.165) is 0 Å². The van der Waals surface area contributed by atoms with Crippen LogP contribution in [0, 0.1) is 0 Å². The molecule has 6 N–H and O–H groups in total. The van der Waals surface area contributed by atoms with E-state index in [4.69, 9.17) is 24.7 Å². The Morgan fingerprint density at radius 3 is 1.75 bits per heavy atom. The van der Waals surface area contributed by atoms with Gasteiger partial charge >= 0.3 is 15.2 Å². The molecule has 0 saturated carbocycles. The van der Waals surface area contributed by atoms with Crippen molar-refractivity contribution in [2.75, 3.05) is 0 Å². The van der Waals surface area contributed by atoms with E-state index >= 15 is 0 Å². The van der Waals surface area contributed by atoms with E-state index in [1.165, 1.54) is 0 Å². The van der Waals surface area contributed by atoms with Crippen LogP contribution in [0.5, 0.6) is 11.5 Å². The molecule has 1 aromatic carbocycles. The van der Waals surface area contributed by atoms with Gasteiger partial charge in [-0.15, -0.1) is 0 Å². The maximum atomic E-state index is 10.9. The Labute approximate surface area is 89.1 Å².